The quantitative estimate of drug-likeness (QED) is 0.845. The molecule has 0 radical (unpaired) electrons. The first kappa shape index (κ1) is 12.9. The molecule has 1 heterocycles. The molecule has 0 aliphatic rings. The molecule has 0 bridgehead atoms. The summed E-state index contributed by atoms with van der Waals surface area (Å²) < 4.78 is 1.02. The van der Waals surface area contributed by atoms with Gasteiger partial charge in [0.15, 0.2) is 0 Å². The fraction of sp³-hybridized carbons (Fsp3) is 0.154. The highest BCUT2D eigenvalue weighted by Gasteiger charge is 2.08. The van der Waals surface area contributed by atoms with E-state index in [4.69, 9.17) is 0 Å². The molecule has 0 saturated carbocycles. The Kier molecular flexibility index (Phi) is 3.90. The summed E-state index contributed by atoms with van der Waals surface area (Å²) in [7, 11) is 0. The van der Waals surface area contributed by atoms with E-state index < -0.39 is 0 Å². The first-order valence-electron chi connectivity index (χ1n) is 5.44. The van der Waals surface area contributed by atoms with Crippen molar-refractivity contribution in [1.82, 2.24) is 9.97 Å². The fourth-order valence-corrected chi connectivity index (χ4v) is 2.13. The summed E-state index contributed by atoms with van der Waals surface area (Å²) in [5, 5.41) is 2.70. The summed E-state index contributed by atoms with van der Waals surface area (Å²) >= 11 is 2.17. The predicted octanol–water partition coefficient (Wildman–Crippen LogP) is 2.95. The fourth-order valence-electron chi connectivity index (χ4n) is 1.59. The average Bonchev–Trinajstić information content (AvgIpc) is 2.27. The van der Waals surface area contributed by atoms with Crippen LogP contribution in [0, 0.1) is 17.4 Å². The Labute approximate surface area is 119 Å². The number of carbonyl (C=O) groups is 1. The molecule has 1 aromatic carbocycles. The average molecular weight is 353 g/mol. The molecule has 5 heteroatoms. The van der Waals surface area contributed by atoms with Gasteiger partial charge >= 0.3 is 0 Å². The van der Waals surface area contributed by atoms with Gasteiger partial charge in [-0.05, 0) is 60.7 Å². The molecule has 0 aliphatic heterocycles. The number of anilines is 1. The van der Waals surface area contributed by atoms with Crippen molar-refractivity contribution < 1.29 is 4.79 Å². The van der Waals surface area contributed by atoms with E-state index in [0.717, 1.165) is 15.0 Å². The highest BCUT2D eigenvalue weighted by Crippen LogP contribution is 2.10. The minimum atomic E-state index is -0.196. The molecule has 0 unspecified atom stereocenters. The summed E-state index contributed by atoms with van der Waals surface area (Å²) in [6, 6.07) is 9.23. The lowest BCUT2D eigenvalue weighted by atomic mass is 10.2. The van der Waals surface area contributed by atoms with Gasteiger partial charge in [-0.1, -0.05) is 6.07 Å². The van der Waals surface area contributed by atoms with E-state index in [9.17, 15) is 4.79 Å². The smallest absolute Gasteiger partial charge is 0.258 e. The highest BCUT2D eigenvalue weighted by molar-refractivity contribution is 14.1. The Morgan fingerprint density at radius 2 is 1.83 bits per heavy atom. The molecule has 92 valence electrons. The molecule has 1 amide bonds. The molecule has 0 atom stereocenters. The summed E-state index contributed by atoms with van der Waals surface area (Å²) in [4.78, 5) is 20.3. The van der Waals surface area contributed by atoms with Gasteiger partial charge < -0.3 is 0 Å². The lowest BCUT2D eigenvalue weighted by molar-refractivity contribution is 0.102. The minimum absolute atomic E-state index is 0.196. The summed E-state index contributed by atoms with van der Waals surface area (Å²) in [5.41, 5.74) is 2.27. The van der Waals surface area contributed by atoms with Crippen molar-refractivity contribution in [3.05, 3.63) is 50.9 Å². The maximum atomic E-state index is 12.0. The van der Waals surface area contributed by atoms with Crippen molar-refractivity contribution in [3.63, 3.8) is 0 Å². The van der Waals surface area contributed by atoms with Crippen LogP contribution in [0.2, 0.25) is 0 Å². The molecular weight excluding hydrogens is 341 g/mol. The van der Waals surface area contributed by atoms with Crippen molar-refractivity contribution in [3.8, 4) is 0 Å². The lowest BCUT2D eigenvalue weighted by Crippen LogP contribution is -2.15. The SMILES string of the molecule is Cc1cc(C)nc(NC(=O)c2cccc(I)c2)n1. The van der Waals surface area contributed by atoms with Crippen LogP contribution in [0.25, 0.3) is 0 Å². The Morgan fingerprint density at radius 1 is 1.17 bits per heavy atom. The number of hydrogen-bond donors (Lipinski definition) is 1. The molecule has 2 aromatic rings. The standard InChI is InChI=1S/C13H12IN3O/c1-8-6-9(2)16-13(15-8)17-12(18)10-4-3-5-11(14)7-10/h3-7H,1-2H3,(H,15,16,17,18). The number of aromatic nitrogens is 2. The zero-order valence-corrected chi connectivity index (χ0v) is 12.2. The third kappa shape index (κ3) is 3.25. The maximum absolute atomic E-state index is 12.0. The van der Waals surface area contributed by atoms with Gasteiger partial charge in [0.25, 0.3) is 5.91 Å². The van der Waals surface area contributed by atoms with Crippen LogP contribution in [-0.2, 0) is 0 Å². The van der Waals surface area contributed by atoms with E-state index in [1.165, 1.54) is 0 Å². The third-order valence-electron chi connectivity index (χ3n) is 2.29. The van der Waals surface area contributed by atoms with Crippen LogP contribution in [-0.4, -0.2) is 15.9 Å². The van der Waals surface area contributed by atoms with Crippen molar-refractivity contribution in [2.75, 3.05) is 5.32 Å². The zero-order chi connectivity index (χ0) is 13.1. The van der Waals surface area contributed by atoms with E-state index in [2.05, 4.69) is 37.9 Å². The van der Waals surface area contributed by atoms with E-state index >= 15 is 0 Å². The Morgan fingerprint density at radius 3 is 2.44 bits per heavy atom. The van der Waals surface area contributed by atoms with Crippen LogP contribution >= 0.6 is 22.6 Å². The number of carbonyl (C=O) groups excluding carboxylic acids is 1. The Hall–Kier alpha value is -1.50. The predicted molar refractivity (Wildman–Crippen MR) is 78.6 cm³/mol. The van der Waals surface area contributed by atoms with Crippen LogP contribution in [0.3, 0.4) is 0 Å². The van der Waals surface area contributed by atoms with Gasteiger partial charge in [0.05, 0.1) is 0 Å². The summed E-state index contributed by atoms with van der Waals surface area (Å²) in [6.45, 7) is 3.74. The van der Waals surface area contributed by atoms with Gasteiger partial charge in [-0.15, -0.1) is 0 Å². The second-order valence-corrected chi connectivity index (χ2v) is 5.18. The zero-order valence-electron chi connectivity index (χ0n) is 10.1. The molecule has 0 aliphatic carbocycles. The maximum Gasteiger partial charge on any atom is 0.258 e. The number of amides is 1. The third-order valence-corrected chi connectivity index (χ3v) is 2.97. The van der Waals surface area contributed by atoms with Gasteiger partial charge in [-0.25, -0.2) is 9.97 Å². The number of halogens is 1. The van der Waals surface area contributed by atoms with E-state index in [0.29, 0.717) is 11.5 Å². The number of hydrogen-bond acceptors (Lipinski definition) is 3. The number of nitrogens with one attached hydrogen (secondary N) is 1. The monoisotopic (exact) mass is 353 g/mol. The number of aryl methyl sites for hydroxylation is 2. The van der Waals surface area contributed by atoms with Crippen LogP contribution in [0.1, 0.15) is 21.7 Å². The van der Waals surface area contributed by atoms with Crippen molar-refractivity contribution in [1.29, 1.82) is 0 Å². The van der Waals surface area contributed by atoms with Gasteiger partial charge in [-0.2, -0.15) is 0 Å². The lowest BCUT2D eigenvalue weighted by Gasteiger charge is -2.05. The molecule has 0 saturated heterocycles. The van der Waals surface area contributed by atoms with Crippen LogP contribution in [0.4, 0.5) is 5.95 Å². The first-order valence-corrected chi connectivity index (χ1v) is 6.52. The van der Waals surface area contributed by atoms with Crippen molar-refractivity contribution >= 4 is 34.4 Å². The molecule has 1 N–H and O–H groups in total. The van der Waals surface area contributed by atoms with Gasteiger partial charge in [0.2, 0.25) is 5.95 Å². The normalized spacial score (nSPS) is 10.2. The highest BCUT2D eigenvalue weighted by atomic mass is 127. The van der Waals surface area contributed by atoms with E-state index in [1.807, 2.05) is 38.1 Å². The minimum Gasteiger partial charge on any atom is -0.290 e. The molecule has 18 heavy (non-hydrogen) atoms. The van der Waals surface area contributed by atoms with Crippen LogP contribution < -0.4 is 5.32 Å². The summed E-state index contributed by atoms with van der Waals surface area (Å²) in [6.07, 6.45) is 0. The van der Waals surface area contributed by atoms with E-state index in [-0.39, 0.29) is 5.91 Å². The molecule has 2 rings (SSSR count). The first-order chi connectivity index (χ1) is 8.54. The Bertz CT molecular complexity index is 578. The molecule has 0 fully saturated rings. The second-order valence-electron chi connectivity index (χ2n) is 3.94. The van der Waals surface area contributed by atoms with Crippen molar-refractivity contribution in [2.45, 2.75) is 13.8 Å². The number of rotatable bonds is 2. The van der Waals surface area contributed by atoms with E-state index in [1.54, 1.807) is 6.07 Å². The molecule has 1 aromatic heterocycles. The molecule has 4 nitrogen and oxygen atoms in total. The van der Waals surface area contributed by atoms with Crippen LogP contribution in [0.5, 0.6) is 0 Å². The van der Waals surface area contributed by atoms with Gasteiger partial charge in [0.1, 0.15) is 0 Å². The summed E-state index contributed by atoms with van der Waals surface area (Å²) in [5.74, 6) is 0.148. The van der Waals surface area contributed by atoms with Gasteiger partial charge in [0, 0.05) is 20.5 Å². The molecule has 0 spiro atoms. The van der Waals surface area contributed by atoms with Gasteiger partial charge in [-0.3, -0.25) is 10.1 Å². The number of nitrogens with zero attached hydrogens (tertiary/aromatic N) is 2. The molecular formula is C13H12IN3O. The largest absolute Gasteiger partial charge is 0.290 e. The number of benzene rings is 1. The Balaban J connectivity index is 2.21. The van der Waals surface area contributed by atoms with Crippen molar-refractivity contribution in [2.24, 2.45) is 0 Å². The topological polar surface area (TPSA) is 54.9 Å². The second kappa shape index (κ2) is 5.43. The van der Waals surface area contributed by atoms with Crippen LogP contribution in [0.15, 0.2) is 30.3 Å².